The lowest BCUT2D eigenvalue weighted by Crippen LogP contribution is -2.51. The Morgan fingerprint density at radius 2 is 2.17 bits per heavy atom. The molecular weight excluding hydrogens is 370 g/mol. The Bertz CT molecular complexity index is 848. The number of nitrogens with zero attached hydrogens (tertiary/aromatic N) is 2. The van der Waals surface area contributed by atoms with Gasteiger partial charge < -0.3 is 30.4 Å². The molecule has 1 unspecified atom stereocenters. The Hall–Kier alpha value is -3.16. The van der Waals surface area contributed by atoms with Gasteiger partial charge in [-0.2, -0.15) is 0 Å². The molecule has 1 fully saturated rings. The average Bonchev–Trinajstić information content (AvgIpc) is 3.22. The van der Waals surface area contributed by atoms with Crippen molar-refractivity contribution in [1.82, 2.24) is 10.6 Å². The van der Waals surface area contributed by atoms with Crippen molar-refractivity contribution < 1.29 is 13.9 Å². The number of primary amides is 1. The van der Waals surface area contributed by atoms with E-state index in [0.29, 0.717) is 12.3 Å². The van der Waals surface area contributed by atoms with Gasteiger partial charge in [0.05, 0.1) is 12.8 Å². The molecule has 1 atom stereocenters. The summed E-state index contributed by atoms with van der Waals surface area (Å²) >= 11 is 0. The first kappa shape index (κ1) is 20.6. The number of benzene rings is 1. The lowest BCUT2D eigenvalue weighted by atomic mass is 10.0. The third-order valence-electron chi connectivity index (χ3n) is 4.83. The number of furan rings is 1. The van der Waals surface area contributed by atoms with Gasteiger partial charge in [0.25, 0.3) is 5.91 Å². The van der Waals surface area contributed by atoms with E-state index in [-0.39, 0.29) is 11.8 Å². The maximum absolute atomic E-state index is 11.2. The average molecular weight is 399 g/mol. The molecule has 3 rings (SSSR count). The van der Waals surface area contributed by atoms with Gasteiger partial charge in [0.2, 0.25) is 0 Å². The number of nitrogens with two attached hydrogens (primary N) is 1. The molecule has 1 aromatic carbocycles. The summed E-state index contributed by atoms with van der Waals surface area (Å²) in [6, 6.07) is 11.6. The second kappa shape index (κ2) is 9.86. The number of guanidine groups is 1. The molecule has 0 bridgehead atoms. The van der Waals surface area contributed by atoms with Gasteiger partial charge in [-0.25, -0.2) is 4.99 Å². The number of aliphatic imine (C=N–C) groups is 1. The molecule has 0 aliphatic carbocycles. The SMILES string of the molecule is CCNC(=NCc1ccc(C(N)=O)o1)NC1CCCN(c2ccccc2OC)C1. The van der Waals surface area contributed by atoms with Crippen molar-refractivity contribution >= 4 is 17.6 Å². The van der Waals surface area contributed by atoms with Crippen LogP contribution in [0.5, 0.6) is 5.75 Å². The van der Waals surface area contributed by atoms with Crippen molar-refractivity contribution in [3.63, 3.8) is 0 Å². The lowest BCUT2D eigenvalue weighted by Gasteiger charge is -2.36. The number of carbonyl (C=O) groups is 1. The number of amides is 1. The number of nitrogens with one attached hydrogen (secondary N) is 2. The van der Waals surface area contributed by atoms with E-state index in [4.69, 9.17) is 14.9 Å². The number of hydrogen-bond acceptors (Lipinski definition) is 5. The highest BCUT2D eigenvalue weighted by Crippen LogP contribution is 2.29. The Balaban J connectivity index is 1.65. The van der Waals surface area contributed by atoms with E-state index in [1.165, 1.54) is 0 Å². The second-order valence-corrected chi connectivity index (χ2v) is 6.93. The smallest absolute Gasteiger partial charge is 0.284 e. The summed E-state index contributed by atoms with van der Waals surface area (Å²) in [7, 11) is 1.70. The van der Waals surface area contributed by atoms with E-state index < -0.39 is 5.91 Å². The van der Waals surface area contributed by atoms with Crippen LogP contribution >= 0.6 is 0 Å². The Morgan fingerprint density at radius 3 is 2.90 bits per heavy atom. The number of piperidine rings is 1. The van der Waals surface area contributed by atoms with Gasteiger partial charge in [-0.1, -0.05) is 12.1 Å². The largest absolute Gasteiger partial charge is 0.495 e. The molecule has 156 valence electrons. The maximum Gasteiger partial charge on any atom is 0.284 e. The van der Waals surface area contributed by atoms with Gasteiger partial charge >= 0.3 is 0 Å². The predicted octanol–water partition coefficient (Wildman–Crippen LogP) is 2.11. The molecule has 4 N–H and O–H groups in total. The lowest BCUT2D eigenvalue weighted by molar-refractivity contribution is 0.0972. The highest BCUT2D eigenvalue weighted by Gasteiger charge is 2.22. The Morgan fingerprint density at radius 1 is 1.34 bits per heavy atom. The minimum absolute atomic E-state index is 0.146. The van der Waals surface area contributed by atoms with Crippen LogP contribution < -0.4 is 26.0 Å². The van der Waals surface area contributed by atoms with E-state index in [2.05, 4.69) is 26.6 Å². The third-order valence-corrected chi connectivity index (χ3v) is 4.83. The molecule has 1 amide bonds. The maximum atomic E-state index is 11.2. The summed E-state index contributed by atoms with van der Waals surface area (Å²) in [6.45, 7) is 4.95. The molecule has 0 spiro atoms. The fourth-order valence-electron chi connectivity index (χ4n) is 3.47. The van der Waals surface area contributed by atoms with Crippen LogP contribution in [0.3, 0.4) is 0 Å². The molecule has 2 heterocycles. The van der Waals surface area contributed by atoms with Crippen LogP contribution in [0.4, 0.5) is 5.69 Å². The predicted molar refractivity (Wildman–Crippen MR) is 113 cm³/mol. The van der Waals surface area contributed by atoms with Crippen LogP contribution in [0.15, 0.2) is 45.8 Å². The number of para-hydroxylation sites is 2. The highest BCUT2D eigenvalue weighted by molar-refractivity contribution is 5.89. The quantitative estimate of drug-likeness (QED) is 0.486. The van der Waals surface area contributed by atoms with Gasteiger partial charge in [-0.3, -0.25) is 4.79 Å². The van der Waals surface area contributed by atoms with Gasteiger partial charge in [-0.15, -0.1) is 0 Å². The van der Waals surface area contributed by atoms with Crippen LogP contribution in [-0.4, -0.2) is 44.7 Å². The standard InChI is InChI=1S/C21H29N5O3/c1-3-23-21(24-13-16-10-11-19(29-16)20(22)27)25-15-7-6-12-26(14-15)17-8-4-5-9-18(17)28-2/h4-5,8-11,15H,3,6-7,12-14H2,1-2H3,(H2,22,27)(H2,23,24,25). The molecule has 1 aromatic heterocycles. The van der Waals surface area contributed by atoms with Crippen molar-refractivity contribution in [1.29, 1.82) is 0 Å². The van der Waals surface area contributed by atoms with Crippen LogP contribution in [0.2, 0.25) is 0 Å². The van der Waals surface area contributed by atoms with Crippen molar-refractivity contribution in [2.24, 2.45) is 10.7 Å². The second-order valence-electron chi connectivity index (χ2n) is 6.93. The molecule has 0 saturated carbocycles. The minimum atomic E-state index is -0.580. The normalized spacial score (nSPS) is 17.1. The van der Waals surface area contributed by atoms with Crippen LogP contribution in [0, 0.1) is 0 Å². The fraction of sp³-hybridized carbons (Fsp3) is 0.429. The fourth-order valence-corrected chi connectivity index (χ4v) is 3.47. The number of carbonyl (C=O) groups excluding carboxylic acids is 1. The highest BCUT2D eigenvalue weighted by atomic mass is 16.5. The first-order chi connectivity index (χ1) is 14.1. The number of hydrogen-bond donors (Lipinski definition) is 3. The first-order valence-corrected chi connectivity index (χ1v) is 9.92. The number of rotatable bonds is 7. The van der Waals surface area contributed by atoms with Crippen molar-refractivity contribution in [3.8, 4) is 5.75 Å². The zero-order valence-corrected chi connectivity index (χ0v) is 17.0. The molecular formula is C21H29N5O3. The number of ether oxygens (including phenoxy) is 1. The van der Waals surface area contributed by atoms with Gasteiger partial charge in [0, 0.05) is 25.7 Å². The summed E-state index contributed by atoms with van der Waals surface area (Å²) in [6.07, 6.45) is 2.14. The zero-order chi connectivity index (χ0) is 20.6. The topological polar surface area (TPSA) is 105 Å². The molecule has 0 radical (unpaired) electrons. The summed E-state index contributed by atoms with van der Waals surface area (Å²) < 4.78 is 10.9. The summed E-state index contributed by atoms with van der Waals surface area (Å²) in [4.78, 5) is 18.1. The summed E-state index contributed by atoms with van der Waals surface area (Å²) in [5.41, 5.74) is 6.34. The van der Waals surface area contributed by atoms with E-state index in [9.17, 15) is 4.79 Å². The summed E-state index contributed by atoms with van der Waals surface area (Å²) in [5.74, 6) is 1.76. The van der Waals surface area contributed by atoms with E-state index >= 15 is 0 Å². The van der Waals surface area contributed by atoms with Crippen molar-refractivity contribution in [2.45, 2.75) is 32.4 Å². The van der Waals surface area contributed by atoms with Gasteiger partial charge in [0.15, 0.2) is 11.7 Å². The van der Waals surface area contributed by atoms with Crippen molar-refractivity contribution in [2.75, 3.05) is 31.6 Å². The van der Waals surface area contributed by atoms with Crippen LogP contribution in [0.1, 0.15) is 36.1 Å². The molecule has 29 heavy (non-hydrogen) atoms. The summed E-state index contributed by atoms with van der Waals surface area (Å²) in [5, 5.41) is 6.79. The van der Waals surface area contributed by atoms with E-state index in [0.717, 1.165) is 49.9 Å². The molecule has 8 heteroatoms. The molecule has 8 nitrogen and oxygen atoms in total. The first-order valence-electron chi connectivity index (χ1n) is 9.92. The zero-order valence-electron chi connectivity index (χ0n) is 17.0. The van der Waals surface area contributed by atoms with E-state index in [1.54, 1.807) is 19.2 Å². The van der Waals surface area contributed by atoms with Gasteiger partial charge in [0.1, 0.15) is 18.1 Å². The minimum Gasteiger partial charge on any atom is -0.495 e. The number of methoxy groups -OCH3 is 1. The molecule has 1 aliphatic heterocycles. The molecule has 2 aromatic rings. The van der Waals surface area contributed by atoms with Crippen molar-refractivity contribution in [3.05, 3.63) is 47.9 Å². The monoisotopic (exact) mass is 399 g/mol. The van der Waals surface area contributed by atoms with E-state index in [1.807, 2.05) is 25.1 Å². The third kappa shape index (κ3) is 5.43. The van der Waals surface area contributed by atoms with Crippen LogP contribution in [0.25, 0.3) is 0 Å². The Kier molecular flexibility index (Phi) is 6.99. The van der Waals surface area contributed by atoms with Crippen LogP contribution in [-0.2, 0) is 6.54 Å². The Labute approximate surface area is 171 Å². The van der Waals surface area contributed by atoms with Gasteiger partial charge in [-0.05, 0) is 44.0 Å². The molecule has 1 aliphatic rings. The number of anilines is 1. The molecule has 1 saturated heterocycles.